The first-order valence-electron chi connectivity index (χ1n) is 12.1. The number of anilines is 1. The molecule has 4 atom stereocenters. The van der Waals surface area contributed by atoms with E-state index in [1.54, 1.807) is 0 Å². The van der Waals surface area contributed by atoms with Crippen LogP contribution in [0, 0.1) is 11.3 Å². The molecular weight excluding hydrogens is 454 g/mol. The van der Waals surface area contributed by atoms with Gasteiger partial charge in [-0.05, 0) is 68.7 Å². The molecule has 0 aromatic heterocycles. The van der Waals surface area contributed by atoms with Gasteiger partial charge in [-0.25, -0.2) is 0 Å². The monoisotopic (exact) mass is 481 g/mol. The van der Waals surface area contributed by atoms with Gasteiger partial charge in [0, 0.05) is 18.0 Å². The van der Waals surface area contributed by atoms with Crippen LogP contribution in [0.4, 0.5) is 5.69 Å². The van der Waals surface area contributed by atoms with Gasteiger partial charge in [-0.2, -0.15) is 0 Å². The molecule has 1 aromatic rings. The number of piperazine rings is 1. The molecule has 5 fully saturated rings. The Bertz CT molecular complexity index is 1290. The van der Waals surface area contributed by atoms with Crippen molar-refractivity contribution in [3.05, 3.63) is 28.3 Å². The Kier molecular flexibility index (Phi) is 3.45. The molecule has 4 unspecified atom stereocenters. The molecule has 178 valence electrons. The van der Waals surface area contributed by atoms with Gasteiger partial charge in [0.15, 0.2) is 0 Å². The van der Waals surface area contributed by atoms with Crippen LogP contribution in [-0.4, -0.2) is 45.8 Å². The number of rotatable bonds is 0. The summed E-state index contributed by atoms with van der Waals surface area (Å²) in [5, 5.41) is 6.76. The summed E-state index contributed by atoms with van der Waals surface area (Å²) in [4.78, 5) is 43.1. The van der Waals surface area contributed by atoms with E-state index in [9.17, 15) is 14.4 Å². The number of ether oxygens (including phenoxy) is 1. The van der Waals surface area contributed by atoms with E-state index in [1.165, 1.54) is 0 Å². The van der Waals surface area contributed by atoms with Crippen molar-refractivity contribution in [3.8, 4) is 5.75 Å². The zero-order chi connectivity index (χ0) is 24.1. The minimum Gasteiger partial charge on any atom is -0.482 e. The van der Waals surface area contributed by atoms with Crippen molar-refractivity contribution in [3.63, 3.8) is 0 Å². The number of piperidine rings is 2. The van der Waals surface area contributed by atoms with Gasteiger partial charge in [0.2, 0.25) is 17.7 Å². The Hall–Kier alpha value is -2.54. The molecule has 1 aromatic carbocycles. The third-order valence-electron chi connectivity index (χ3n) is 9.90. The lowest BCUT2D eigenvalue weighted by atomic mass is 9.57. The fourth-order valence-electron chi connectivity index (χ4n) is 8.26. The summed E-state index contributed by atoms with van der Waals surface area (Å²) >= 11 is 6.77. The smallest absolute Gasteiger partial charge is 0.249 e. The quantitative estimate of drug-likeness (QED) is 0.594. The molecule has 7 aliphatic rings. The largest absolute Gasteiger partial charge is 0.482 e. The van der Waals surface area contributed by atoms with Crippen LogP contribution in [0.2, 0.25) is 5.02 Å². The third-order valence-corrected chi connectivity index (χ3v) is 10.2. The maximum atomic E-state index is 14.0. The van der Waals surface area contributed by atoms with Crippen molar-refractivity contribution >= 4 is 41.1 Å². The number of benzene rings is 1. The van der Waals surface area contributed by atoms with E-state index in [0.717, 1.165) is 17.5 Å². The second-order valence-electron chi connectivity index (χ2n) is 12.1. The highest BCUT2D eigenvalue weighted by atomic mass is 35.5. The highest BCUT2D eigenvalue weighted by Crippen LogP contribution is 2.71. The molecule has 8 heteroatoms. The first-order valence-corrected chi connectivity index (χ1v) is 12.5. The molecule has 2 bridgehead atoms. The lowest BCUT2D eigenvalue weighted by Gasteiger charge is -2.59. The van der Waals surface area contributed by atoms with Crippen LogP contribution >= 0.6 is 11.6 Å². The molecule has 34 heavy (non-hydrogen) atoms. The van der Waals surface area contributed by atoms with Crippen LogP contribution in [0.3, 0.4) is 0 Å². The van der Waals surface area contributed by atoms with Crippen LogP contribution in [0.1, 0.15) is 64.5 Å². The number of nitrogens with one attached hydrogen (secondary N) is 2. The number of amides is 3. The summed E-state index contributed by atoms with van der Waals surface area (Å²) < 4.78 is 6.15. The van der Waals surface area contributed by atoms with Gasteiger partial charge in [-0.15, -0.1) is 0 Å². The van der Waals surface area contributed by atoms with Crippen LogP contribution < -0.4 is 15.4 Å². The predicted molar refractivity (Wildman–Crippen MR) is 127 cm³/mol. The highest BCUT2D eigenvalue weighted by molar-refractivity contribution is 6.33. The van der Waals surface area contributed by atoms with Crippen molar-refractivity contribution in [2.75, 3.05) is 11.9 Å². The average molecular weight is 482 g/mol. The molecule has 2 N–H and O–H groups in total. The Morgan fingerprint density at radius 3 is 2.68 bits per heavy atom. The number of hydrogen-bond acceptors (Lipinski definition) is 4. The molecule has 3 spiro atoms. The van der Waals surface area contributed by atoms with Crippen molar-refractivity contribution in [1.29, 1.82) is 0 Å². The summed E-state index contributed by atoms with van der Waals surface area (Å²) in [7, 11) is 0. The van der Waals surface area contributed by atoms with Gasteiger partial charge in [0.25, 0.3) is 0 Å². The maximum Gasteiger partial charge on any atom is 0.249 e. The third kappa shape index (κ3) is 1.96. The second-order valence-corrected chi connectivity index (χ2v) is 12.5. The molecule has 6 heterocycles. The number of carbonyl (C=O) groups excluding carboxylic acids is 3. The standard InChI is InChI=1S/C26H28ClN3O4/c1-22(2)8-6-13-17-14(10-15(27)18(13)34-22)25(20(32)28-17)12-26-16(23(25,3)4)11-24(19(31)29-26)7-5-9-30(24)21(26)33/h6,8,10,16H,5,7,9,11-12H2,1-4H3,(H,28,32)(H,29,31). The molecule has 6 aliphatic heterocycles. The van der Waals surface area contributed by atoms with Gasteiger partial charge in [-0.1, -0.05) is 25.4 Å². The normalized spacial score (nSPS) is 39.4. The van der Waals surface area contributed by atoms with E-state index in [0.29, 0.717) is 35.8 Å². The number of hydrogen-bond donors (Lipinski definition) is 2. The van der Waals surface area contributed by atoms with E-state index in [4.69, 9.17) is 16.3 Å². The molecule has 3 amide bonds. The number of nitrogens with zero attached hydrogens (tertiary/aromatic N) is 1. The molecule has 7 nitrogen and oxygen atoms in total. The molecule has 0 radical (unpaired) electrons. The molecular formula is C26H28ClN3O4. The topological polar surface area (TPSA) is 87.7 Å². The summed E-state index contributed by atoms with van der Waals surface area (Å²) in [6, 6.07) is 1.84. The Morgan fingerprint density at radius 2 is 1.91 bits per heavy atom. The van der Waals surface area contributed by atoms with E-state index in [-0.39, 0.29) is 30.1 Å². The highest BCUT2D eigenvalue weighted by Gasteiger charge is 2.80. The average Bonchev–Trinajstić information content (AvgIpc) is 3.37. The Balaban J connectivity index is 1.46. The maximum absolute atomic E-state index is 14.0. The van der Waals surface area contributed by atoms with E-state index < -0.39 is 27.5 Å². The Labute approximate surface area is 203 Å². The summed E-state index contributed by atoms with van der Waals surface area (Å²) in [5.74, 6) is 0.177. The van der Waals surface area contributed by atoms with Crippen molar-refractivity contribution in [2.24, 2.45) is 11.3 Å². The van der Waals surface area contributed by atoms with Crippen LogP contribution in [0.15, 0.2) is 12.1 Å². The summed E-state index contributed by atoms with van der Waals surface area (Å²) in [6.45, 7) is 8.68. The zero-order valence-electron chi connectivity index (χ0n) is 19.8. The van der Waals surface area contributed by atoms with Crippen molar-refractivity contribution in [2.45, 2.75) is 75.5 Å². The molecule has 4 saturated heterocycles. The van der Waals surface area contributed by atoms with Crippen molar-refractivity contribution in [1.82, 2.24) is 10.2 Å². The lowest BCUT2D eigenvalue weighted by Crippen LogP contribution is -2.81. The van der Waals surface area contributed by atoms with Gasteiger partial charge in [0.1, 0.15) is 22.4 Å². The van der Waals surface area contributed by atoms with Gasteiger partial charge < -0.3 is 20.3 Å². The van der Waals surface area contributed by atoms with Crippen molar-refractivity contribution < 1.29 is 19.1 Å². The fraction of sp³-hybridized carbons (Fsp3) is 0.577. The number of halogens is 1. The van der Waals surface area contributed by atoms with Crippen LogP contribution in [-0.2, 0) is 19.8 Å². The number of fused-ring (bicyclic) bond motifs is 5. The summed E-state index contributed by atoms with van der Waals surface area (Å²) in [5.41, 5.74) is -1.70. The fourth-order valence-corrected chi connectivity index (χ4v) is 8.51. The van der Waals surface area contributed by atoms with Crippen LogP contribution in [0.5, 0.6) is 5.75 Å². The lowest BCUT2D eigenvalue weighted by molar-refractivity contribution is -0.175. The molecule has 8 rings (SSSR count). The predicted octanol–water partition coefficient (Wildman–Crippen LogP) is 3.39. The van der Waals surface area contributed by atoms with E-state index in [1.807, 2.05) is 37.0 Å². The minimum atomic E-state index is -1.08. The number of carbonyl (C=O) groups is 3. The first-order chi connectivity index (χ1) is 15.9. The summed E-state index contributed by atoms with van der Waals surface area (Å²) in [6.07, 6.45) is 6.27. The van der Waals surface area contributed by atoms with E-state index >= 15 is 0 Å². The van der Waals surface area contributed by atoms with Gasteiger partial charge >= 0.3 is 0 Å². The molecule has 1 aliphatic carbocycles. The Morgan fingerprint density at radius 1 is 1.15 bits per heavy atom. The zero-order valence-corrected chi connectivity index (χ0v) is 20.6. The first kappa shape index (κ1) is 20.8. The van der Waals surface area contributed by atoms with Crippen LogP contribution in [0.25, 0.3) is 6.08 Å². The second kappa shape index (κ2) is 5.64. The minimum absolute atomic E-state index is 0.0268. The van der Waals surface area contributed by atoms with Gasteiger partial charge in [-0.3, -0.25) is 14.4 Å². The molecule has 1 saturated carbocycles. The SMILES string of the molecule is CC1(C)C=Cc2c3c(cc(Cl)c2O1)C1(CC24NC(=O)C5(CCCN5C2=O)CC4C1(C)C)C(=O)N3. The van der Waals surface area contributed by atoms with E-state index in [2.05, 4.69) is 24.5 Å². The van der Waals surface area contributed by atoms with Gasteiger partial charge in [0.05, 0.1) is 16.1 Å².